The summed E-state index contributed by atoms with van der Waals surface area (Å²) in [7, 11) is 0. The number of rotatable bonds is 13. The number of nitrogens with one attached hydrogen (secondary N) is 1. The fourth-order valence-electron chi connectivity index (χ4n) is 5.02. The molecule has 4 aromatic rings. The Kier molecular flexibility index (Phi) is 9.70. The maximum atomic E-state index is 13.6. The lowest BCUT2D eigenvalue weighted by Gasteiger charge is -2.30. The van der Waals surface area contributed by atoms with Crippen LogP contribution in [0.5, 0.6) is 0 Å². The van der Waals surface area contributed by atoms with E-state index in [9.17, 15) is 24.3 Å². The molecule has 0 saturated carbocycles. The quantitative estimate of drug-likeness (QED) is 0.157. The smallest absolute Gasteiger partial charge is 0.344 e. The minimum atomic E-state index is -2.36. The standard InChI is InChI=1S/C34H34N2O6/c1-2-17-34(32(39)40,36-31(38)28-14-8-11-24(20-28)18-23-9-4-3-5-10-23)33(41)42-29(22-30(35)37)21-25-15-16-26-12-6-7-13-27(26)19-25/h3-16,19-20,29H,2,17-18,21-22H2,1H3,(H2,35,37)(H,36,38)(H,39,40)/t29-,34-/m0/s1. The Labute approximate surface area is 244 Å². The topological polar surface area (TPSA) is 136 Å². The number of benzene rings is 4. The van der Waals surface area contributed by atoms with Crippen molar-refractivity contribution in [1.29, 1.82) is 0 Å². The van der Waals surface area contributed by atoms with E-state index in [0.717, 1.165) is 27.5 Å². The number of carboxylic acid groups (broad SMARTS) is 1. The normalized spacial score (nSPS) is 13.1. The molecule has 0 bridgehead atoms. The van der Waals surface area contributed by atoms with Crippen LogP contribution in [-0.2, 0) is 32.0 Å². The maximum Gasteiger partial charge on any atom is 0.344 e. The predicted octanol–water partition coefficient (Wildman–Crippen LogP) is 4.81. The Hall–Kier alpha value is -4.98. The summed E-state index contributed by atoms with van der Waals surface area (Å²) >= 11 is 0. The largest absolute Gasteiger partial charge is 0.479 e. The number of amides is 2. The molecule has 216 valence electrons. The maximum absolute atomic E-state index is 13.6. The molecule has 2 atom stereocenters. The van der Waals surface area contributed by atoms with Crippen molar-refractivity contribution in [2.45, 2.75) is 50.7 Å². The second-order valence-corrected chi connectivity index (χ2v) is 10.4. The van der Waals surface area contributed by atoms with E-state index in [4.69, 9.17) is 10.5 Å². The minimum Gasteiger partial charge on any atom is -0.479 e. The van der Waals surface area contributed by atoms with Crippen molar-refractivity contribution in [3.05, 3.63) is 119 Å². The van der Waals surface area contributed by atoms with E-state index in [1.165, 1.54) is 0 Å². The molecule has 4 N–H and O–H groups in total. The molecule has 0 aliphatic rings. The van der Waals surface area contributed by atoms with Crippen LogP contribution in [-0.4, -0.2) is 40.5 Å². The van der Waals surface area contributed by atoms with E-state index in [1.807, 2.05) is 78.9 Å². The molecule has 0 heterocycles. The van der Waals surface area contributed by atoms with E-state index in [2.05, 4.69) is 5.32 Å². The van der Waals surface area contributed by atoms with Crippen molar-refractivity contribution in [3.63, 3.8) is 0 Å². The second-order valence-electron chi connectivity index (χ2n) is 10.4. The van der Waals surface area contributed by atoms with Gasteiger partial charge in [0.15, 0.2) is 0 Å². The third kappa shape index (κ3) is 7.40. The number of carbonyl (C=O) groups is 4. The monoisotopic (exact) mass is 566 g/mol. The van der Waals surface area contributed by atoms with Crippen molar-refractivity contribution in [2.75, 3.05) is 0 Å². The predicted molar refractivity (Wildman–Crippen MR) is 160 cm³/mol. The summed E-state index contributed by atoms with van der Waals surface area (Å²) in [6.45, 7) is 1.70. The Bertz CT molecular complexity index is 1590. The van der Waals surface area contributed by atoms with Gasteiger partial charge in [-0.2, -0.15) is 0 Å². The number of nitrogens with two attached hydrogens (primary N) is 1. The number of primary amides is 1. The average Bonchev–Trinajstić information content (AvgIpc) is 2.97. The first-order valence-electron chi connectivity index (χ1n) is 13.9. The molecular weight excluding hydrogens is 532 g/mol. The molecule has 2 amide bonds. The Balaban J connectivity index is 1.56. The van der Waals surface area contributed by atoms with E-state index in [1.54, 1.807) is 25.1 Å². The number of hydrogen-bond donors (Lipinski definition) is 3. The van der Waals surface area contributed by atoms with E-state index in [0.29, 0.717) is 6.42 Å². The first kappa shape index (κ1) is 30.0. The molecule has 42 heavy (non-hydrogen) atoms. The third-order valence-corrected chi connectivity index (χ3v) is 7.09. The van der Waals surface area contributed by atoms with Crippen LogP contribution in [0, 0.1) is 0 Å². The van der Waals surface area contributed by atoms with Crippen molar-refractivity contribution in [3.8, 4) is 0 Å². The van der Waals surface area contributed by atoms with Gasteiger partial charge in [-0.15, -0.1) is 0 Å². The summed E-state index contributed by atoms with van der Waals surface area (Å²) in [5, 5.41) is 14.7. The van der Waals surface area contributed by atoms with Crippen LogP contribution in [0.15, 0.2) is 97.1 Å². The molecule has 4 aromatic carbocycles. The molecule has 8 heteroatoms. The van der Waals surface area contributed by atoms with Crippen molar-refractivity contribution >= 4 is 34.5 Å². The van der Waals surface area contributed by atoms with E-state index >= 15 is 0 Å². The molecule has 0 radical (unpaired) electrons. The fraction of sp³-hybridized carbons (Fsp3) is 0.235. The van der Waals surface area contributed by atoms with Crippen LogP contribution in [0.1, 0.15) is 53.2 Å². The number of carbonyl (C=O) groups excluding carboxylic acids is 3. The Morgan fingerprint density at radius 2 is 1.52 bits per heavy atom. The van der Waals surface area contributed by atoms with Gasteiger partial charge in [0, 0.05) is 12.0 Å². The lowest BCUT2D eigenvalue weighted by molar-refractivity contribution is -0.167. The van der Waals surface area contributed by atoms with Gasteiger partial charge in [0.25, 0.3) is 5.91 Å². The molecule has 0 saturated heterocycles. The number of fused-ring (bicyclic) bond motifs is 1. The van der Waals surface area contributed by atoms with E-state index < -0.39 is 35.4 Å². The molecule has 0 aromatic heterocycles. The summed E-state index contributed by atoms with van der Waals surface area (Å²) in [6, 6.07) is 29.9. The summed E-state index contributed by atoms with van der Waals surface area (Å²) in [6.07, 6.45) is -0.575. The molecule has 8 nitrogen and oxygen atoms in total. The fourth-order valence-corrected chi connectivity index (χ4v) is 5.02. The lowest BCUT2D eigenvalue weighted by atomic mass is 9.92. The molecule has 0 aliphatic heterocycles. The zero-order chi connectivity index (χ0) is 30.1. The molecular formula is C34H34N2O6. The van der Waals surface area contributed by atoms with Crippen LogP contribution < -0.4 is 11.1 Å². The van der Waals surface area contributed by atoms with Crippen LogP contribution in [0.25, 0.3) is 10.8 Å². The molecule has 0 spiro atoms. The SMILES string of the molecule is CCC[C@](NC(=O)c1cccc(Cc2ccccc2)c1)(C(=O)O)C(=O)O[C@H](CC(N)=O)Cc1ccc2ccccc2c1. The molecule has 4 rings (SSSR count). The Morgan fingerprint density at radius 3 is 2.21 bits per heavy atom. The molecule has 0 aliphatic carbocycles. The van der Waals surface area contributed by atoms with Gasteiger partial charge in [-0.1, -0.05) is 98.3 Å². The van der Waals surface area contributed by atoms with Gasteiger partial charge < -0.3 is 20.9 Å². The molecule has 0 unspecified atom stereocenters. The first-order valence-corrected chi connectivity index (χ1v) is 13.9. The number of ether oxygens (including phenoxy) is 1. The van der Waals surface area contributed by atoms with Crippen LogP contribution in [0.2, 0.25) is 0 Å². The molecule has 0 fully saturated rings. The van der Waals surface area contributed by atoms with Crippen LogP contribution in [0.4, 0.5) is 0 Å². The zero-order valence-corrected chi connectivity index (χ0v) is 23.4. The third-order valence-electron chi connectivity index (χ3n) is 7.09. The number of esters is 1. The van der Waals surface area contributed by atoms with Gasteiger partial charge >= 0.3 is 11.9 Å². The summed E-state index contributed by atoms with van der Waals surface area (Å²) < 4.78 is 5.66. The number of hydrogen-bond acceptors (Lipinski definition) is 5. The van der Waals surface area contributed by atoms with Gasteiger partial charge in [0.1, 0.15) is 6.10 Å². The minimum absolute atomic E-state index is 0.136. The summed E-state index contributed by atoms with van der Waals surface area (Å²) in [4.78, 5) is 51.5. The number of aliphatic carboxylic acids is 1. The lowest BCUT2D eigenvalue weighted by Crippen LogP contribution is -2.61. The summed E-state index contributed by atoms with van der Waals surface area (Å²) in [5.74, 6) is -4.13. The van der Waals surface area contributed by atoms with Gasteiger partial charge in [-0.05, 0) is 52.4 Å². The average molecular weight is 567 g/mol. The van der Waals surface area contributed by atoms with Crippen LogP contribution >= 0.6 is 0 Å². The summed E-state index contributed by atoms with van der Waals surface area (Å²) in [5.41, 5.74) is 5.99. The first-order chi connectivity index (χ1) is 20.2. The van der Waals surface area contributed by atoms with Crippen molar-refractivity contribution in [2.24, 2.45) is 5.73 Å². The van der Waals surface area contributed by atoms with Gasteiger partial charge in [0.2, 0.25) is 11.4 Å². The van der Waals surface area contributed by atoms with Crippen molar-refractivity contribution in [1.82, 2.24) is 5.32 Å². The zero-order valence-electron chi connectivity index (χ0n) is 23.4. The van der Waals surface area contributed by atoms with Gasteiger partial charge in [-0.25, -0.2) is 9.59 Å². The van der Waals surface area contributed by atoms with Crippen LogP contribution in [0.3, 0.4) is 0 Å². The Morgan fingerprint density at radius 1 is 0.833 bits per heavy atom. The highest BCUT2D eigenvalue weighted by atomic mass is 16.5. The van der Waals surface area contributed by atoms with Crippen molar-refractivity contribution < 1.29 is 29.0 Å². The highest BCUT2D eigenvalue weighted by Crippen LogP contribution is 2.23. The number of carboxylic acids is 1. The van der Waals surface area contributed by atoms with E-state index in [-0.39, 0.29) is 31.2 Å². The van der Waals surface area contributed by atoms with Gasteiger partial charge in [0.05, 0.1) is 6.42 Å². The van der Waals surface area contributed by atoms with Gasteiger partial charge in [-0.3, -0.25) is 9.59 Å². The highest BCUT2D eigenvalue weighted by Gasteiger charge is 2.49. The second kappa shape index (κ2) is 13.6. The highest BCUT2D eigenvalue weighted by molar-refractivity contribution is 6.09.